The molecule has 0 aromatic heterocycles. The van der Waals surface area contributed by atoms with E-state index in [0.29, 0.717) is 31.2 Å². The zero-order chi connectivity index (χ0) is 23.0. The molecule has 0 spiro atoms. The van der Waals surface area contributed by atoms with E-state index in [-0.39, 0.29) is 17.8 Å². The molecule has 0 saturated carbocycles. The summed E-state index contributed by atoms with van der Waals surface area (Å²) in [6.07, 6.45) is 5.15. The summed E-state index contributed by atoms with van der Waals surface area (Å²) in [4.78, 5) is 17.3. The molecule has 2 aromatic rings. The highest BCUT2D eigenvalue weighted by atomic mass is 19.1. The molecule has 2 heterocycles. The SMILES string of the molecule is CCOc1ccccc1CCC(=O)N1CCC(N2CCC(Oc3ccccc3F)CC2)CC1. The Morgan fingerprint density at radius 1 is 0.939 bits per heavy atom. The molecule has 0 unspecified atom stereocenters. The second kappa shape index (κ2) is 11.5. The summed E-state index contributed by atoms with van der Waals surface area (Å²) in [6, 6.07) is 15.1. The lowest BCUT2D eigenvalue weighted by molar-refractivity contribution is -0.132. The van der Waals surface area contributed by atoms with Crippen molar-refractivity contribution in [3.8, 4) is 11.5 Å². The normalized spacial score (nSPS) is 18.3. The van der Waals surface area contributed by atoms with Gasteiger partial charge in [-0.05, 0) is 62.8 Å². The fraction of sp³-hybridized carbons (Fsp3) is 0.519. The topological polar surface area (TPSA) is 42.0 Å². The summed E-state index contributed by atoms with van der Waals surface area (Å²) >= 11 is 0. The number of piperidine rings is 2. The number of ether oxygens (including phenoxy) is 2. The molecule has 1 amide bonds. The molecule has 2 saturated heterocycles. The van der Waals surface area contributed by atoms with Crippen molar-refractivity contribution in [1.82, 2.24) is 9.80 Å². The van der Waals surface area contributed by atoms with Crippen LogP contribution in [0.5, 0.6) is 11.5 Å². The first-order valence-corrected chi connectivity index (χ1v) is 12.3. The van der Waals surface area contributed by atoms with E-state index in [9.17, 15) is 9.18 Å². The average Bonchev–Trinajstić information content (AvgIpc) is 2.85. The third kappa shape index (κ3) is 6.26. The number of amides is 1. The highest BCUT2D eigenvalue weighted by molar-refractivity contribution is 5.76. The molecule has 0 N–H and O–H groups in total. The van der Waals surface area contributed by atoms with Gasteiger partial charge in [0.25, 0.3) is 0 Å². The summed E-state index contributed by atoms with van der Waals surface area (Å²) in [5, 5.41) is 0. The minimum Gasteiger partial charge on any atom is -0.494 e. The largest absolute Gasteiger partial charge is 0.494 e. The minimum atomic E-state index is -0.293. The lowest BCUT2D eigenvalue weighted by Crippen LogP contribution is -2.50. The number of nitrogens with zero attached hydrogens (tertiary/aromatic N) is 2. The zero-order valence-electron chi connectivity index (χ0n) is 19.5. The van der Waals surface area contributed by atoms with E-state index in [1.54, 1.807) is 18.2 Å². The van der Waals surface area contributed by atoms with E-state index < -0.39 is 0 Å². The summed E-state index contributed by atoms with van der Waals surface area (Å²) in [7, 11) is 0. The van der Waals surface area contributed by atoms with Gasteiger partial charge in [0.2, 0.25) is 5.91 Å². The van der Waals surface area contributed by atoms with Crippen LogP contribution in [0.3, 0.4) is 0 Å². The van der Waals surface area contributed by atoms with E-state index >= 15 is 0 Å². The maximum absolute atomic E-state index is 13.8. The summed E-state index contributed by atoms with van der Waals surface area (Å²) < 4.78 is 25.4. The molecule has 2 fully saturated rings. The van der Waals surface area contributed by atoms with E-state index in [4.69, 9.17) is 9.47 Å². The molecule has 5 nitrogen and oxygen atoms in total. The van der Waals surface area contributed by atoms with Crippen molar-refractivity contribution in [2.75, 3.05) is 32.8 Å². The van der Waals surface area contributed by atoms with Gasteiger partial charge in [0, 0.05) is 38.6 Å². The van der Waals surface area contributed by atoms with Crippen molar-refractivity contribution in [3.63, 3.8) is 0 Å². The van der Waals surface area contributed by atoms with Crippen LogP contribution in [0.25, 0.3) is 0 Å². The van der Waals surface area contributed by atoms with E-state index in [2.05, 4.69) is 4.90 Å². The molecule has 0 radical (unpaired) electrons. The second-order valence-corrected chi connectivity index (χ2v) is 8.94. The number of halogens is 1. The van der Waals surface area contributed by atoms with Gasteiger partial charge in [-0.2, -0.15) is 0 Å². The number of carbonyl (C=O) groups is 1. The van der Waals surface area contributed by atoms with Gasteiger partial charge >= 0.3 is 0 Å². The lowest BCUT2D eigenvalue weighted by Gasteiger charge is -2.41. The number of hydrogen-bond acceptors (Lipinski definition) is 4. The molecule has 0 atom stereocenters. The van der Waals surface area contributed by atoms with Crippen molar-refractivity contribution in [3.05, 3.63) is 59.9 Å². The Labute approximate surface area is 196 Å². The molecule has 4 rings (SSSR count). The van der Waals surface area contributed by atoms with Crippen LogP contribution in [0.2, 0.25) is 0 Å². The predicted molar refractivity (Wildman–Crippen MR) is 127 cm³/mol. The van der Waals surface area contributed by atoms with Crippen LogP contribution >= 0.6 is 0 Å². The highest BCUT2D eigenvalue weighted by Crippen LogP contribution is 2.26. The maximum Gasteiger partial charge on any atom is 0.222 e. The van der Waals surface area contributed by atoms with Gasteiger partial charge < -0.3 is 14.4 Å². The van der Waals surface area contributed by atoms with E-state index in [1.165, 1.54) is 6.07 Å². The van der Waals surface area contributed by atoms with Crippen molar-refractivity contribution in [1.29, 1.82) is 0 Å². The zero-order valence-corrected chi connectivity index (χ0v) is 19.5. The van der Waals surface area contributed by atoms with Crippen LogP contribution in [0.15, 0.2) is 48.5 Å². The van der Waals surface area contributed by atoms with Crippen molar-refractivity contribution in [2.24, 2.45) is 0 Å². The number of likely N-dealkylation sites (tertiary alicyclic amines) is 2. The molecule has 2 aromatic carbocycles. The Bertz CT molecular complexity index is 906. The summed E-state index contributed by atoms with van der Waals surface area (Å²) in [5.41, 5.74) is 1.10. The third-order valence-corrected chi connectivity index (χ3v) is 6.82. The molecular weight excluding hydrogens is 419 g/mol. The minimum absolute atomic E-state index is 0.0689. The number of benzene rings is 2. The van der Waals surface area contributed by atoms with Crippen molar-refractivity contribution in [2.45, 2.75) is 57.6 Å². The Balaban J connectivity index is 1.19. The molecule has 6 heteroatoms. The van der Waals surface area contributed by atoms with Crippen LogP contribution in [0.1, 0.15) is 44.6 Å². The molecule has 178 valence electrons. The lowest BCUT2D eigenvalue weighted by atomic mass is 9.98. The van der Waals surface area contributed by atoms with Crippen LogP contribution in [-0.2, 0) is 11.2 Å². The molecule has 2 aliphatic rings. The second-order valence-electron chi connectivity index (χ2n) is 8.94. The standard InChI is InChI=1S/C27H35FN2O3/c1-2-32-25-9-5-3-7-21(25)11-12-27(31)30-17-13-22(14-18-30)29-19-15-23(16-20-29)33-26-10-6-4-8-24(26)28/h3-10,22-23H,2,11-20H2,1H3. The van der Waals surface area contributed by atoms with Gasteiger partial charge in [-0.1, -0.05) is 30.3 Å². The van der Waals surface area contributed by atoms with Crippen molar-refractivity contribution < 1.29 is 18.7 Å². The number of para-hydroxylation sites is 2. The van der Waals surface area contributed by atoms with Gasteiger partial charge in [-0.15, -0.1) is 0 Å². The van der Waals surface area contributed by atoms with E-state index in [1.807, 2.05) is 36.1 Å². The fourth-order valence-corrected chi connectivity index (χ4v) is 4.97. The number of carbonyl (C=O) groups excluding carboxylic acids is 1. The first kappa shape index (κ1) is 23.6. The summed E-state index contributed by atoms with van der Waals surface area (Å²) in [5.74, 6) is 1.18. The van der Waals surface area contributed by atoms with E-state index in [0.717, 1.165) is 63.2 Å². The number of rotatable bonds is 8. The maximum atomic E-state index is 13.8. The van der Waals surface area contributed by atoms with Gasteiger partial charge in [0.1, 0.15) is 11.9 Å². The number of hydrogen-bond donors (Lipinski definition) is 0. The predicted octanol–water partition coefficient (Wildman–Crippen LogP) is 4.69. The highest BCUT2D eigenvalue weighted by Gasteiger charge is 2.30. The Kier molecular flexibility index (Phi) is 8.21. The first-order chi connectivity index (χ1) is 16.1. The molecule has 33 heavy (non-hydrogen) atoms. The smallest absolute Gasteiger partial charge is 0.222 e. The molecule has 2 aliphatic heterocycles. The van der Waals surface area contributed by atoms with Crippen molar-refractivity contribution >= 4 is 5.91 Å². The monoisotopic (exact) mass is 454 g/mol. The first-order valence-electron chi connectivity index (χ1n) is 12.3. The van der Waals surface area contributed by atoms with Gasteiger partial charge in [-0.3, -0.25) is 9.69 Å². The van der Waals surface area contributed by atoms with Gasteiger partial charge in [0.15, 0.2) is 11.6 Å². The van der Waals surface area contributed by atoms with Crippen LogP contribution < -0.4 is 9.47 Å². The number of aryl methyl sites for hydroxylation is 1. The Morgan fingerprint density at radius 3 is 2.30 bits per heavy atom. The Hall–Kier alpha value is -2.60. The van der Waals surface area contributed by atoms with Crippen LogP contribution in [-0.4, -0.2) is 60.6 Å². The fourth-order valence-electron chi connectivity index (χ4n) is 4.97. The molecule has 0 bridgehead atoms. The molecule has 0 aliphatic carbocycles. The van der Waals surface area contributed by atoms with Crippen LogP contribution in [0, 0.1) is 5.82 Å². The average molecular weight is 455 g/mol. The van der Waals surface area contributed by atoms with Gasteiger partial charge in [-0.25, -0.2) is 4.39 Å². The van der Waals surface area contributed by atoms with Crippen LogP contribution in [0.4, 0.5) is 4.39 Å². The quantitative estimate of drug-likeness (QED) is 0.580. The Morgan fingerprint density at radius 2 is 1.61 bits per heavy atom. The molecular formula is C27H35FN2O3. The third-order valence-electron chi connectivity index (χ3n) is 6.82. The van der Waals surface area contributed by atoms with Gasteiger partial charge in [0.05, 0.1) is 6.61 Å². The summed E-state index contributed by atoms with van der Waals surface area (Å²) in [6.45, 7) is 6.18.